The highest BCUT2D eigenvalue weighted by molar-refractivity contribution is 5.66. The zero-order valence-electron chi connectivity index (χ0n) is 10.6. The van der Waals surface area contributed by atoms with Crippen molar-refractivity contribution >= 4 is 5.69 Å². The molecule has 0 fully saturated rings. The van der Waals surface area contributed by atoms with Crippen LogP contribution in [-0.2, 0) is 6.42 Å². The Hall–Kier alpha value is -2.61. The van der Waals surface area contributed by atoms with Crippen LogP contribution in [0.4, 0.5) is 10.1 Å². The third-order valence-electron chi connectivity index (χ3n) is 3.05. The van der Waals surface area contributed by atoms with Gasteiger partial charge in [-0.15, -0.1) is 0 Å². The summed E-state index contributed by atoms with van der Waals surface area (Å²) in [4.78, 5) is 7.26. The number of ether oxygens (including phenoxy) is 2. The summed E-state index contributed by atoms with van der Waals surface area (Å²) in [6, 6.07) is 6.48. The van der Waals surface area contributed by atoms with Crippen molar-refractivity contribution < 1.29 is 13.9 Å². The molecule has 20 heavy (non-hydrogen) atoms. The molecule has 0 amide bonds. The van der Waals surface area contributed by atoms with Crippen LogP contribution in [0.15, 0.2) is 30.5 Å². The van der Waals surface area contributed by atoms with Gasteiger partial charge in [0.25, 0.3) is 5.69 Å². The molecule has 5 heteroatoms. The molecular weight excluding hydrogens is 259 g/mol. The van der Waals surface area contributed by atoms with Crippen LogP contribution in [-0.4, -0.2) is 11.6 Å². The Bertz CT molecular complexity index is 681. The van der Waals surface area contributed by atoms with E-state index in [4.69, 9.17) is 16.0 Å². The monoisotopic (exact) mass is 270 g/mol. The van der Waals surface area contributed by atoms with Gasteiger partial charge in [0, 0.05) is 23.9 Å². The smallest absolute Gasteiger partial charge is 0.263 e. The molecule has 1 aromatic heterocycles. The Morgan fingerprint density at radius 1 is 1.40 bits per heavy atom. The summed E-state index contributed by atoms with van der Waals surface area (Å²) >= 11 is 0. The van der Waals surface area contributed by atoms with Gasteiger partial charge >= 0.3 is 0 Å². The molecule has 0 bridgehead atoms. The summed E-state index contributed by atoms with van der Waals surface area (Å²) < 4.78 is 25.0. The zero-order valence-corrected chi connectivity index (χ0v) is 10.6. The summed E-state index contributed by atoms with van der Waals surface area (Å²) in [6.07, 6.45) is 3.11. The third-order valence-corrected chi connectivity index (χ3v) is 3.05. The molecule has 1 aromatic carbocycles. The van der Waals surface area contributed by atoms with Crippen molar-refractivity contribution in [2.24, 2.45) is 0 Å². The molecule has 0 saturated carbocycles. The molecule has 0 N–H and O–H groups in total. The first-order chi connectivity index (χ1) is 9.79. The zero-order chi connectivity index (χ0) is 13.9. The fourth-order valence-electron chi connectivity index (χ4n) is 2.16. The highest BCUT2D eigenvalue weighted by Crippen LogP contribution is 2.43. The predicted octanol–water partition coefficient (Wildman–Crippen LogP) is 3.89. The molecule has 0 aliphatic carbocycles. The Balaban J connectivity index is 2.08. The Morgan fingerprint density at radius 3 is 3.05 bits per heavy atom. The van der Waals surface area contributed by atoms with Crippen LogP contribution >= 0.6 is 0 Å². The SMILES string of the molecule is [C-]#[N+]c1c(F)cc(Oc2ccccn2)c2c1OCCC2. The summed E-state index contributed by atoms with van der Waals surface area (Å²) in [5.74, 6) is 0.419. The highest BCUT2D eigenvalue weighted by atomic mass is 19.1. The van der Waals surface area contributed by atoms with Crippen LogP contribution < -0.4 is 9.47 Å². The van der Waals surface area contributed by atoms with Gasteiger partial charge in [-0.1, -0.05) is 6.07 Å². The summed E-state index contributed by atoms with van der Waals surface area (Å²) in [5, 5.41) is 0. The Morgan fingerprint density at radius 2 is 2.30 bits per heavy atom. The van der Waals surface area contributed by atoms with E-state index in [0.29, 0.717) is 30.4 Å². The van der Waals surface area contributed by atoms with Crippen molar-refractivity contribution in [3.63, 3.8) is 0 Å². The van der Waals surface area contributed by atoms with Crippen molar-refractivity contribution in [1.82, 2.24) is 4.98 Å². The molecule has 1 aliphatic heterocycles. The van der Waals surface area contributed by atoms with E-state index in [0.717, 1.165) is 12.0 Å². The number of pyridine rings is 1. The van der Waals surface area contributed by atoms with E-state index >= 15 is 0 Å². The van der Waals surface area contributed by atoms with Gasteiger partial charge in [0.15, 0.2) is 0 Å². The van der Waals surface area contributed by atoms with E-state index in [1.54, 1.807) is 24.4 Å². The van der Waals surface area contributed by atoms with Crippen LogP contribution in [0.25, 0.3) is 4.85 Å². The average Bonchev–Trinajstić information content (AvgIpc) is 2.49. The van der Waals surface area contributed by atoms with Crippen molar-refractivity contribution in [3.8, 4) is 17.4 Å². The molecule has 0 radical (unpaired) electrons. The average molecular weight is 270 g/mol. The lowest BCUT2D eigenvalue weighted by atomic mass is 10.0. The maximum atomic E-state index is 13.9. The fraction of sp³-hybridized carbons (Fsp3) is 0.200. The second-order valence-electron chi connectivity index (χ2n) is 4.35. The normalized spacial score (nSPS) is 13.0. The van der Waals surface area contributed by atoms with E-state index in [1.165, 1.54) is 6.07 Å². The predicted molar refractivity (Wildman–Crippen MR) is 70.8 cm³/mol. The lowest BCUT2D eigenvalue weighted by Gasteiger charge is -2.21. The first-order valence-corrected chi connectivity index (χ1v) is 6.24. The standard InChI is InChI=1S/C15H11FN2O2/c1-17-14-11(16)9-12(10-5-4-8-19-15(10)14)20-13-6-2-3-7-18-13/h2-3,6-7,9H,4-5,8H2. The van der Waals surface area contributed by atoms with Gasteiger partial charge in [0.05, 0.1) is 13.2 Å². The molecule has 4 nitrogen and oxygen atoms in total. The van der Waals surface area contributed by atoms with Crippen LogP contribution in [0.2, 0.25) is 0 Å². The largest absolute Gasteiger partial charge is 0.504 e. The van der Waals surface area contributed by atoms with E-state index in [-0.39, 0.29) is 5.69 Å². The highest BCUT2D eigenvalue weighted by Gasteiger charge is 2.24. The number of nitrogens with zero attached hydrogens (tertiary/aromatic N) is 2. The molecule has 2 aromatic rings. The van der Waals surface area contributed by atoms with Crippen molar-refractivity contribution in [2.45, 2.75) is 12.8 Å². The van der Waals surface area contributed by atoms with Gasteiger partial charge in [0.2, 0.25) is 5.88 Å². The van der Waals surface area contributed by atoms with Crippen molar-refractivity contribution in [3.05, 3.63) is 53.3 Å². The Labute approximate surface area is 115 Å². The van der Waals surface area contributed by atoms with Crippen LogP contribution in [0.5, 0.6) is 17.4 Å². The van der Waals surface area contributed by atoms with Gasteiger partial charge in [-0.2, -0.15) is 0 Å². The van der Waals surface area contributed by atoms with Crippen molar-refractivity contribution in [1.29, 1.82) is 0 Å². The number of rotatable bonds is 2. The van der Waals surface area contributed by atoms with Crippen molar-refractivity contribution in [2.75, 3.05) is 6.61 Å². The first kappa shape index (κ1) is 12.4. The number of benzene rings is 1. The van der Waals surface area contributed by atoms with E-state index in [9.17, 15) is 4.39 Å². The minimum Gasteiger partial charge on any atom is -0.504 e. The molecule has 0 atom stereocenters. The number of aromatic nitrogens is 1. The molecule has 0 saturated heterocycles. The minimum absolute atomic E-state index is 0.0759. The van der Waals surface area contributed by atoms with E-state index in [2.05, 4.69) is 9.83 Å². The molecular formula is C15H11FN2O2. The summed E-state index contributed by atoms with van der Waals surface area (Å²) in [7, 11) is 0. The van der Waals surface area contributed by atoms with E-state index in [1.807, 2.05) is 0 Å². The molecule has 0 unspecified atom stereocenters. The number of halogens is 1. The number of hydrogen-bond donors (Lipinski definition) is 0. The van der Waals surface area contributed by atoms with Gasteiger partial charge in [-0.3, -0.25) is 0 Å². The minimum atomic E-state index is -0.633. The van der Waals surface area contributed by atoms with Crippen LogP contribution in [0.1, 0.15) is 12.0 Å². The summed E-state index contributed by atoms with van der Waals surface area (Å²) in [5.41, 5.74) is 0.655. The first-order valence-electron chi connectivity index (χ1n) is 6.24. The molecule has 100 valence electrons. The lowest BCUT2D eigenvalue weighted by molar-refractivity contribution is 0.284. The third kappa shape index (κ3) is 2.16. The maximum absolute atomic E-state index is 13.9. The molecule has 1 aliphatic rings. The van der Waals surface area contributed by atoms with Crippen LogP contribution in [0, 0.1) is 12.4 Å². The number of hydrogen-bond acceptors (Lipinski definition) is 3. The molecule has 2 heterocycles. The Kier molecular flexibility index (Phi) is 3.21. The summed E-state index contributed by atoms with van der Waals surface area (Å²) in [6.45, 7) is 7.56. The van der Waals surface area contributed by atoms with Gasteiger partial charge in [0.1, 0.15) is 17.3 Å². The molecule has 3 rings (SSSR count). The van der Waals surface area contributed by atoms with Crippen LogP contribution in [0.3, 0.4) is 0 Å². The van der Waals surface area contributed by atoms with Gasteiger partial charge in [-0.25, -0.2) is 14.2 Å². The second-order valence-corrected chi connectivity index (χ2v) is 4.35. The molecule has 0 spiro atoms. The topological polar surface area (TPSA) is 35.7 Å². The quantitative estimate of drug-likeness (QED) is 0.777. The maximum Gasteiger partial charge on any atom is 0.263 e. The van der Waals surface area contributed by atoms with Gasteiger partial charge in [-0.05, 0) is 18.9 Å². The second kappa shape index (κ2) is 5.17. The van der Waals surface area contributed by atoms with E-state index < -0.39 is 5.82 Å². The fourth-order valence-corrected chi connectivity index (χ4v) is 2.16. The number of fused-ring (bicyclic) bond motifs is 1. The van der Waals surface area contributed by atoms with Gasteiger partial charge < -0.3 is 9.47 Å². The lowest BCUT2D eigenvalue weighted by Crippen LogP contribution is -2.10.